The summed E-state index contributed by atoms with van der Waals surface area (Å²) in [5.74, 6) is 0. The molecular weight excluding hydrogens is 275 g/mol. The van der Waals surface area contributed by atoms with Gasteiger partial charge in [0.1, 0.15) is 5.56 Å². The Hall–Kier alpha value is -1.83. The minimum Gasteiger partial charge on any atom is -0.369 e. The summed E-state index contributed by atoms with van der Waals surface area (Å²) in [5, 5.41) is 10.7. The van der Waals surface area contributed by atoms with Gasteiger partial charge in [0.2, 0.25) is 0 Å². The minimum atomic E-state index is -4.73. The highest BCUT2D eigenvalue weighted by Crippen LogP contribution is 2.38. The second kappa shape index (κ2) is 5.28. The van der Waals surface area contributed by atoms with Crippen LogP contribution >= 0.6 is 0 Å². The number of likely N-dealkylation sites (N-methyl/N-ethyl adjacent to an activating group) is 1. The largest absolute Gasteiger partial charge is 0.423 e. The Bertz CT molecular complexity index is 511. The van der Waals surface area contributed by atoms with E-state index in [0.717, 1.165) is 25.2 Å². The summed E-state index contributed by atoms with van der Waals surface area (Å²) < 4.78 is 38.7. The van der Waals surface area contributed by atoms with Crippen molar-refractivity contribution in [2.45, 2.75) is 6.18 Å². The Balaban J connectivity index is 2.35. The third-order valence-corrected chi connectivity index (χ3v) is 3.35. The predicted molar refractivity (Wildman–Crippen MR) is 67.8 cm³/mol. The number of anilines is 1. The summed E-state index contributed by atoms with van der Waals surface area (Å²) in [6, 6.07) is 3.17. The Morgan fingerprint density at radius 2 is 1.80 bits per heavy atom. The quantitative estimate of drug-likeness (QED) is 0.619. The zero-order valence-corrected chi connectivity index (χ0v) is 10.9. The molecule has 0 saturated carbocycles. The molecule has 0 amide bonds. The number of benzene rings is 1. The van der Waals surface area contributed by atoms with Crippen LogP contribution in [-0.2, 0) is 6.18 Å². The lowest BCUT2D eigenvalue weighted by atomic mass is 10.1. The van der Waals surface area contributed by atoms with Crippen LogP contribution in [0.5, 0.6) is 0 Å². The smallest absolute Gasteiger partial charge is 0.369 e. The van der Waals surface area contributed by atoms with Gasteiger partial charge in [-0.25, -0.2) is 0 Å². The van der Waals surface area contributed by atoms with Gasteiger partial charge in [0, 0.05) is 37.9 Å². The predicted octanol–water partition coefficient (Wildman–Crippen LogP) is 2.37. The van der Waals surface area contributed by atoms with Crippen LogP contribution in [0.15, 0.2) is 18.2 Å². The number of alkyl halides is 3. The van der Waals surface area contributed by atoms with Gasteiger partial charge < -0.3 is 9.80 Å². The molecule has 2 rings (SSSR count). The molecule has 110 valence electrons. The van der Waals surface area contributed by atoms with Gasteiger partial charge in [-0.1, -0.05) is 0 Å². The Morgan fingerprint density at radius 3 is 2.30 bits per heavy atom. The molecule has 1 aliphatic rings. The first-order valence-electron chi connectivity index (χ1n) is 6.08. The van der Waals surface area contributed by atoms with Crippen molar-refractivity contribution >= 4 is 11.4 Å². The molecule has 0 aliphatic carbocycles. The number of hydrogen-bond donors (Lipinski definition) is 0. The van der Waals surface area contributed by atoms with Crippen LogP contribution in [0.25, 0.3) is 0 Å². The van der Waals surface area contributed by atoms with Crippen LogP contribution in [-0.4, -0.2) is 43.0 Å². The van der Waals surface area contributed by atoms with Gasteiger partial charge in [-0.2, -0.15) is 13.2 Å². The van der Waals surface area contributed by atoms with E-state index in [1.807, 2.05) is 7.05 Å². The highest BCUT2D eigenvalue weighted by molar-refractivity contribution is 5.57. The maximum absolute atomic E-state index is 12.9. The molecule has 8 heteroatoms. The van der Waals surface area contributed by atoms with Crippen LogP contribution in [0.2, 0.25) is 0 Å². The summed E-state index contributed by atoms with van der Waals surface area (Å²) in [6.07, 6.45) is -4.73. The molecule has 0 spiro atoms. The number of nitrogens with zero attached hydrogens (tertiary/aromatic N) is 3. The molecule has 1 aromatic carbocycles. The molecule has 1 fully saturated rings. The highest BCUT2D eigenvalue weighted by Gasteiger charge is 2.38. The van der Waals surface area contributed by atoms with Crippen molar-refractivity contribution in [3.8, 4) is 0 Å². The van der Waals surface area contributed by atoms with E-state index in [1.165, 1.54) is 6.07 Å². The molecule has 5 nitrogen and oxygen atoms in total. The summed E-state index contributed by atoms with van der Waals surface area (Å²) in [4.78, 5) is 13.6. The van der Waals surface area contributed by atoms with E-state index in [9.17, 15) is 23.3 Å². The van der Waals surface area contributed by atoms with Crippen molar-refractivity contribution < 1.29 is 18.1 Å². The molecule has 0 unspecified atom stereocenters. The van der Waals surface area contributed by atoms with Gasteiger partial charge in [0.05, 0.1) is 4.92 Å². The third-order valence-electron chi connectivity index (χ3n) is 3.35. The molecule has 0 aromatic heterocycles. The van der Waals surface area contributed by atoms with Crippen molar-refractivity contribution in [1.29, 1.82) is 0 Å². The second-order valence-corrected chi connectivity index (χ2v) is 4.75. The third kappa shape index (κ3) is 3.01. The minimum absolute atomic E-state index is 0.371. The van der Waals surface area contributed by atoms with Crippen LogP contribution in [0.3, 0.4) is 0 Å². The molecule has 20 heavy (non-hydrogen) atoms. The van der Waals surface area contributed by atoms with E-state index >= 15 is 0 Å². The molecule has 1 saturated heterocycles. The first kappa shape index (κ1) is 14.6. The second-order valence-electron chi connectivity index (χ2n) is 4.75. The van der Waals surface area contributed by atoms with Gasteiger partial charge >= 0.3 is 6.18 Å². The number of nitro groups is 1. The van der Waals surface area contributed by atoms with Gasteiger partial charge in [0.25, 0.3) is 5.69 Å². The fourth-order valence-electron chi connectivity index (χ4n) is 2.17. The molecule has 0 N–H and O–H groups in total. The summed E-state index contributed by atoms with van der Waals surface area (Å²) in [5.41, 5.74) is -1.73. The molecule has 1 aliphatic heterocycles. The van der Waals surface area contributed by atoms with Gasteiger partial charge in [0.15, 0.2) is 0 Å². The maximum atomic E-state index is 12.9. The Morgan fingerprint density at radius 1 is 1.20 bits per heavy atom. The van der Waals surface area contributed by atoms with Crippen LogP contribution in [0.1, 0.15) is 5.56 Å². The molecule has 0 radical (unpaired) electrons. The van der Waals surface area contributed by atoms with E-state index < -0.39 is 22.4 Å². The maximum Gasteiger partial charge on any atom is 0.423 e. The van der Waals surface area contributed by atoms with Gasteiger partial charge in [-0.3, -0.25) is 10.1 Å². The SMILES string of the molecule is CN1CCN(c2ccc([N+](=O)[O-])c(C(F)(F)F)c2)CC1. The standard InChI is InChI=1S/C12H14F3N3O2/c1-16-4-6-17(7-5-16)9-2-3-11(18(19)20)10(8-9)12(13,14)15/h2-3,8H,4-7H2,1H3. The molecular formula is C12H14F3N3O2. The average Bonchev–Trinajstić information content (AvgIpc) is 2.38. The molecule has 1 aromatic rings. The highest BCUT2D eigenvalue weighted by atomic mass is 19.4. The molecule has 0 bridgehead atoms. The Kier molecular flexibility index (Phi) is 3.85. The number of halogens is 3. The molecule has 0 atom stereocenters. The monoisotopic (exact) mass is 289 g/mol. The zero-order chi connectivity index (χ0) is 14.9. The lowest BCUT2D eigenvalue weighted by molar-refractivity contribution is -0.388. The van der Waals surface area contributed by atoms with Crippen molar-refractivity contribution in [3.63, 3.8) is 0 Å². The lowest BCUT2D eigenvalue weighted by Crippen LogP contribution is -2.44. The van der Waals surface area contributed by atoms with E-state index in [1.54, 1.807) is 4.90 Å². The van der Waals surface area contributed by atoms with Crippen molar-refractivity contribution in [3.05, 3.63) is 33.9 Å². The van der Waals surface area contributed by atoms with Crippen molar-refractivity contribution in [2.75, 3.05) is 38.1 Å². The van der Waals surface area contributed by atoms with E-state index in [2.05, 4.69) is 4.90 Å². The number of rotatable bonds is 2. The lowest BCUT2D eigenvalue weighted by Gasteiger charge is -2.34. The van der Waals surface area contributed by atoms with Crippen LogP contribution in [0.4, 0.5) is 24.5 Å². The Labute approximate surface area is 113 Å². The first-order valence-corrected chi connectivity index (χ1v) is 6.08. The summed E-state index contributed by atoms with van der Waals surface area (Å²) in [6.45, 7) is 2.70. The van der Waals surface area contributed by atoms with Gasteiger partial charge in [-0.05, 0) is 19.2 Å². The fraction of sp³-hybridized carbons (Fsp3) is 0.500. The zero-order valence-electron chi connectivity index (χ0n) is 10.9. The first-order chi connectivity index (χ1) is 9.29. The van der Waals surface area contributed by atoms with E-state index in [4.69, 9.17) is 0 Å². The fourth-order valence-corrected chi connectivity index (χ4v) is 2.17. The summed E-state index contributed by atoms with van der Waals surface area (Å²) in [7, 11) is 1.94. The number of nitro benzene ring substituents is 1. The van der Waals surface area contributed by atoms with Crippen molar-refractivity contribution in [1.82, 2.24) is 4.90 Å². The van der Waals surface area contributed by atoms with Crippen LogP contribution < -0.4 is 4.90 Å². The molecule has 1 heterocycles. The topological polar surface area (TPSA) is 49.6 Å². The van der Waals surface area contributed by atoms with E-state index in [0.29, 0.717) is 18.8 Å². The number of hydrogen-bond acceptors (Lipinski definition) is 4. The van der Waals surface area contributed by atoms with Crippen LogP contribution in [0, 0.1) is 10.1 Å². The normalized spacial score (nSPS) is 17.3. The van der Waals surface area contributed by atoms with E-state index in [-0.39, 0.29) is 0 Å². The average molecular weight is 289 g/mol. The summed E-state index contributed by atoms with van der Waals surface area (Å²) >= 11 is 0. The van der Waals surface area contributed by atoms with Crippen molar-refractivity contribution in [2.24, 2.45) is 0 Å². The van der Waals surface area contributed by atoms with Gasteiger partial charge in [-0.15, -0.1) is 0 Å². The number of piperazine rings is 1.